The van der Waals surface area contributed by atoms with Gasteiger partial charge in [0.25, 0.3) is 6.02 Å². The number of carbonyl (C=O) groups is 2. The molecule has 1 unspecified atom stereocenters. The van der Waals surface area contributed by atoms with Crippen molar-refractivity contribution in [1.29, 1.82) is 0 Å². The highest BCUT2D eigenvalue weighted by molar-refractivity contribution is 5.74. The zero-order valence-corrected chi connectivity index (χ0v) is 23.5. The molecule has 8 heteroatoms. The van der Waals surface area contributed by atoms with Gasteiger partial charge >= 0.3 is 0 Å². The van der Waals surface area contributed by atoms with Crippen LogP contribution in [0.4, 0.5) is 4.39 Å². The molecule has 2 aromatic rings. The number of hydrogen-bond donors (Lipinski definition) is 2. The van der Waals surface area contributed by atoms with Crippen molar-refractivity contribution in [2.24, 2.45) is 4.99 Å². The van der Waals surface area contributed by atoms with Gasteiger partial charge in [0.05, 0.1) is 6.04 Å². The molecule has 0 bridgehead atoms. The second kappa shape index (κ2) is 16.7. The second-order valence-corrected chi connectivity index (χ2v) is 9.93. The van der Waals surface area contributed by atoms with Gasteiger partial charge < -0.3 is 29.6 Å². The number of ether oxygens (including phenoxy) is 1. The van der Waals surface area contributed by atoms with E-state index in [1.54, 1.807) is 25.2 Å². The third-order valence-electron chi connectivity index (χ3n) is 7.23. The van der Waals surface area contributed by atoms with E-state index >= 15 is 0 Å². The lowest BCUT2D eigenvalue weighted by Gasteiger charge is -2.35. The monoisotopic (exact) mass is 529 g/mol. The summed E-state index contributed by atoms with van der Waals surface area (Å²) in [6.45, 7) is 12.5. The molecule has 0 amide bonds. The Bertz CT molecular complexity index is 974. The van der Waals surface area contributed by atoms with Gasteiger partial charge in [0.15, 0.2) is 0 Å². The van der Waals surface area contributed by atoms with E-state index < -0.39 is 11.6 Å². The fourth-order valence-corrected chi connectivity index (χ4v) is 4.62. The van der Waals surface area contributed by atoms with E-state index in [0.717, 1.165) is 13.1 Å². The molecular formula is C30H44FN3O4. The van der Waals surface area contributed by atoms with Crippen LogP contribution in [0.15, 0.2) is 53.5 Å². The van der Waals surface area contributed by atoms with Gasteiger partial charge in [0, 0.05) is 25.1 Å². The molecule has 2 N–H and O–H groups in total. The number of halogens is 1. The van der Waals surface area contributed by atoms with Gasteiger partial charge in [-0.1, -0.05) is 49.4 Å². The maximum Gasteiger partial charge on any atom is 0.285 e. The number of aliphatic imine (C=N–C) groups is 1. The summed E-state index contributed by atoms with van der Waals surface area (Å²) in [6, 6.07) is 15.4. The van der Waals surface area contributed by atoms with Gasteiger partial charge in [-0.2, -0.15) is 0 Å². The number of benzene rings is 2. The van der Waals surface area contributed by atoms with Crippen molar-refractivity contribution in [3.05, 3.63) is 71.0 Å². The van der Waals surface area contributed by atoms with E-state index in [2.05, 4.69) is 53.4 Å². The number of likely N-dealkylation sites (tertiary alicyclic amines) is 1. The fourth-order valence-electron chi connectivity index (χ4n) is 4.62. The minimum Gasteiger partial charge on any atom is -0.459 e. The lowest BCUT2D eigenvalue weighted by Crippen LogP contribution is -2.41. The number of carbonyl (C=O) groups excluding carboxylic acids is 2. The molecule has 1 aliphatic rings. The predicted octanol–water partition coefficient (Wildman–Crippen LogP) is 4.86. The summed E-state index contributed by atoms with van der Waals surface area (Å²) < 4.78 is 20.7. The molecule has 3 rings (SSSR count). The molecule has 0 aliphatic carbocycles. The summed E-state index contributed by atoms with van der Waals surface area (Å²) in [5.74, 6) is 0.415. The van der Waals surface area contributed by atoms with Crippen molar-refractivity contribution in [2.45, 2.75) is 63.5 Å². The average Bonchev–Trinajstić information content (AvgIpc) is 2.95. The number of hydrogen-bond acceptors (Lipinski definition) is 6. The molecule has 2 aromatic carbocycles. The third-order valence-corrected chi connectivity index (χ3v) is 7.23. The highest BCUT2D eigenvalue weighted by Gasteiger charge is 2.32. The highest BCUT2D eigenvalue weighted by Crippen LogP contribution is 2.34. The summed E-state index contributed by atoms with van der Waals surface area (Å²) in [6.07, 6.45) is 2.76. The van der Waals surface area contributed by atoms with Crippen LogP contribution in [0.1, 0.15) is 74.6 Å². The van der Waals surface area contributed by atoms with E-state index in [0.29, 0.717) is 23.9 Å². The normalized spacial score (nSPS) is 16.2. The predicted molar refractivity (Wildman–Crippen MR) is 151 cm³/mol. The minimum atomic E-state index is -0.560. The Balaban J connectivity index is 0.00000172. The van der Waals surface area contributed by atoms with E-state index in [1.807, 2.05) is 27.4 Å². The highest BCUT2D eigenvalue weighted by atomic mass is 19.1. The Hall–Kier alpha value is -3.10. The Morgan fingerprint density at radius 3 is 2.24 bits per heavy atom. The van der Waals surface area contributed by atoms with Crippen LogP contribution in [0, 0.1) is 5.82 Å². The largest absolute Gasteiger partial charge is 0.459 e. The lowest BCUT2D eigenvalue weighted by atomic mass is 9.84. The van der Waals surface area contributed by atoms with Gasteiger partial charge in [-0.3, -0.25) is 0 Å². The molecule has 1 saturated heterocycles. The number of nitrogens with one attached hydrogen (secondary N) is 1. The van der Waals surface area contributed by atoms with E-state index in [4.69, 9.17) is 14.3 Å². The van der Waals surface area contributed by atoms with Crippen molar-refractivity contribution >= 4 is 19.6 Å². The quantitative estimate of drug-likeness (QED) is 0.375. The van der Waals surface area contributed by atoms with E-state index in [1.165, 1.54) is 30.0 Å². The molecule has 0 aromatic heterocycles. The lowest BCUT2D eigenvalue weighted by molar-refractivity contribution is -0.0987. The Morgan fingerprint density at radius 2 is 1.71 bits per heavy atom. The van der Waals surface area contributed by atoms with Gasteiger partial charge in [0.1, 0.15) is 25.0 Å². The number of rotatable bonds is 8. The van der Waals surface area contributed by atoms with Gasteiger partial charge in [-0.05, 0) is 76.4 Å². The van der Waals surface area contributed by atoms with Crippen molar-refractivity contribution in [2.75, 3.05) is 33.8 Å². The number of amidine groups is 1. The number of nitrogens with zero attached hydrogens (tertiary/aromatic N) is 2. The summed E-state index contributed by atoms with van der Waals surface area (Å²) in [5, 5.41) is 12.7. The fraction of sp³-hybridized carbons (Fsp3) is 0.500. The molecular weight excluding hydrogens is 485 g/mol. The van der Waals surface area contributed by atoms with Crippen LogP contribution in [0.25, 0.3) is 0 Å². The van der Waals surface area contributed by atoms with Gasteiger partial charge in [-0.15, -0.1) is 0 Å². The Morgan fingerprint density at radius 1 is 1.13 bits per heavy atom. The number of aliphatic hydroxyl groups is 1. The zero-order chi connectivity index (χ0) is 28.7. The second-order valence-electron chi connectivity index (χ2n) is 9.93. The first-order valence-corrected chi connectivity index (χ1v) is 12.9. The molecule has 2 atom stereocenters. The Labute approximate surface area is 227 Å². The molecule has 1 fully saturated rings. The molecule has 0 spiro atoms. The van der Waals surface area contributed by atoms with Crippen LogP contribution >= 0.6 is 0 Å². The molecule has 38 heavy (non-hydrogen) atoms. The van der Waals surface area contributed by atoms with Crippen LogP contribution in [0.2, 0.25) is 0 Å². The van der Waals surface area contributed by atoms with Crippen LogP contribution in [0.5, 0.6) is 0 Å². The van der Waals surface area contributed by atoms with Crippen LogP contribution in [-0.2, 0) is 14.3 Å². The van der Waals surface area contributed by atoms with Crippen LogP contribution in [-0.4, -0.2) is 69.0 Å². The molecule has 210 valence electrons. The van der Waals surface area contributed by atoms with Crippen molar-refractivity contribution in [3.63, 3.8) is 0 Å². The first-order chi connectivity index (χ1) is 18.2. The smallest absolute Gasteiger partial charge is 0.285 e. The van der Waals surface area contributed by atoms with E-state index in [-0.39, 0.29) is 18.3 Å². The maximum absolute atomic E-state index is 14.4. The van der Waals surface area contributed by atoms with Crippen molar-refractivity contribution in [3.8, 4) is 0 Å². The van der Waals surface area contributed by atoms with Crippen LogP contribution in [0.3, 0.4) is 0 Å². The molecule has 0 radical (unpaired) electrons. The van der Waals surface area contributed by atoms with Gasteiger partial charge in [-0.25, -0.2) is 9.38 Å². The summed E-state index contributed by atoms with van der Waals surface area (Å²) in [5.41, 5.74) is 2.54. The first kappa shape index (κ1) is 32.9. The zero-order valence-electron chi connectivity index (χ0n) is 23.5. The summed E-state index contributed by atoms with van der Waals surface area (Å²) in [4.78, 5) is 22.7. The summed E-state index contributed by atoms with van der Waals surface area (Å²) in [7, 11) is 3.84. The number of aliphatic hydroxyl groups excluding tert-OH is 1. The number of piperidine rings is 1. The topological polar surface area (TPSA) is 91.2 Å². The van der Waals surface area contributed by atoms with E-state index in [9.17, 15) is 9.50 Å². The minimum absolute atomic E-state index is 0.0770. The van der Waals surface area contributed by atoms with Gasteiger partial charge in [0.2, 0.25) is 0 Å². The first-order valence-electron chi connectivity index (χ1n) is 12.9. The molecule has 1 heterocycles. The van der Waals surface area contributed by atoms with Crippen LogP contribution < -0.4 is 5.32 Å². The molecule has 1 aliphatic heterocycles. The maximum atomic E-state index is 14.4. The summed E-state index contributed by atoms with van der Waals surface area (Å²) >= 11 is 0. The Kier molecular flexibility index (Phi) is 14.5. The average molecular weight is 530 g/mol. The standard InChI is InChI=1S/C28H40FN3O2.2CH2O/c1-20(21-10-12-22(13-11-21)23-14-17-32(5)18-15-23)28(2,3)34-27(30-4)31-26(16-19-33)24-8-6-7-9-25(24)29;2*1-2/h6-13,20,23,26,33H,14-19H2,1-5H3,(H,30,31);2*1H2/t20?,26-;;/m0../s1. The molecule has 0 saturated carbocycles. The van der Waals surface area contributed by atoms with Crippen molar-refractivity contribution < 1.29 is 23.8 Å². The SMILES string of the molecule is C=O.C=O.CN=C(N[C@@H](CCO)c1ccccc1F)OC(C)(C)C(C)c1ccc(C2CCN(C)CC2)cc1. The molecule has 7 nitrogen and oxygen atoms in total. The van der Waals surface area contributed by atoms with Crippen molar-refractivity contribution in [1.82, 2.24) is 10.2 Å². The third kappa shape index (κ3) is 9.33.